The van der Waals surface area contributed by atoms with E-state index >= 15 is 0 Å². The van der Waals surface area contributed by atoms with E-state index in [1.807, 2.05) is 38.1 Å². The fourth-order valence-electron chi connectivity index (χ4n) is 1.99. The number of hydrazine groups is 1. The number of carbonyl (C=O) groups excluding carboxylic acids is 1. The normalized spacial score (nSPS) is 10.7. The lowest BCUT2D eigenvalue weighted by Crippen LogP contribution is -2.30. The molecule has 1 aromatic carbocycles. The Bertz CT molecular complexity index is 619. The highest BCUT2D eigenvalue weighted by Gasteiger charge is 2.21. The van der Waals surface area contributed by atoms with Gasteiger partial charge < -0.3 is 4.74 Å². The van der Waals surface area contributed by atoms with Crippen LogP contribution in [0.2, 0.25) is 0 Å². The second-order valence-electron chi connectivity index (χ2n) is 4.71. The van der Waals surface area contributed by atoms with Gasteiger partial charge >= 0.3 is 0 Å². The number of nitrogens with two attached hydrogens (primary N) is 1. The van der Waals surface area contributed by atoms with E-state index in [9.17, 15) is 4.79 Å². The lowest BCUT2D eigenvalue weighted by atomic mass is 10.0. The van der Waals surface area contributed by atoms with E-state index in [1.165, 1.54) is 0 Å². The zero-order valence-electron chi connectivity index (χ0n) is 11.7. The van der Waals surface area contributed by atoms with Gasteiger partial charge in [0.2, 0.25) is 0 Å². The van der Waals surface area contributed by atoms with Crippen molar-refractivity contribution in [1.29, 1.82) is 0 Å². The van der Waals surface area contributed by atoms with Gasteiger partial charge in [-0.25, -0.2) is 5.84 Å². The lowest BCUT2D eigenvalue weighted by molar-refractivity contribution is 0.0954. The summed E-state index contributed by atoms with van der Waals surface area (Å²) in [5.74, 6) is 5.52. The summed E-state index contributed by atoms with van der Waals surface area (Å²) in [5.41, 5.74) is 4.50. The van der Waals surface area contributed by atoms with Crippen LogP contribution in [0.5, 0.6) is 5.75 Å². The minimum absolute atomic E-state index is 0.0305. The Hall–Kier alpha value is -2.34. The summed E-state index contributed by atoms with van der Waals surface area (Å²) in [6.07, 6.45) is 0.0305. The zero-order chi connectivity index (χ0) is 14.7. The molecule has 0 aliphatic carbocycles. The number of aryl methyl sites for hydroxylation is 1. The maximum atomic E-state index is 11.9. The first-order chi connectivity index (χ1) is 9.54. The van der Waals surface area contributed by atoms with Crippen molar-refractivity contribution in [1.82, 2.24) is 15.6 Å². The molecule has 20 heavy (non-hydrogen) atoms. The quantitative estimate of drug-likeness (QED) is 0.450. The van der Waals surface area contributed by atoms with Crippen molar-refractivity contribution in [3.8, 4) is 17.0 Å². The van der Waals surface area contributed by atoms with E-state index in [0.29, 0.717) is 22.7 Å². The summed E-state index contributed by atoms with van der Waals surface area (Å²) in [5, 5.41) is 7.01. The first-order valence-electron chi connectivity index (χ1n) is 6.36. The molecule has 2 rings (SSSR count). The van der Waals surface area contributed by atoms with Gasteiger partial charge in [-0.15, -0.1) is 0 Å². The Kier molecular flexibility index (Phi) is 4.05. The third-order valence-electron chi connectivity index (χ3n) is 2.81. The molecule has 0 spiro atoms. The maximum Gasteiger partial charge on any atom is 0.269 e. The van der Waals surface area contributed by atoms with Gasteiger partial charge in [-0.1, -0.05) is 12.1 Å². The molecule has 0 radical (unpaired) electrons. The SMILES string of the molecule is Cc1[nH]nc(-c2ccccc2OC(C)C)c1C(=O)NN. The van der Waals surface area contributed by atoms with E-state index < -0.39 is 0 Å². The molecule has 6 heteroatoms. The average molecular weight is 274 g/mol. The number of para-hydroxylation sites is 1. The highest BCUT2D eigenvalue weighted by molar-refractivity contribution is 6.01. The van der Waals surface area contributed by atoms with Crippen LogP contribution in [0, 0.1) is 6.92 Å². The molecule has 1 aromatic heterocycles. The third-order valence-corrected chi connectivity index (χ3v) is 2.81. The van der Waals surface area contributed by atoms with Gasteiger partial charge in [0.15, 0.2) is 0 Å². The minimum atomic E-state index is -0.384. The number of hydrogen-bond donors (Lipinski definition) is 3. The number of aromatic nitrogens is 2. The Morgan fingerprint density at radius 3 is 2.75 bits per heavy atom. The molecular weight excluding hydrogens is 256 g/mol. The molecule has 0 unspecified atom stereocenters. The van der Waals surface area contributed by atoms with Crippen molar-refractivity contribution in [2.75, 3.05) is 0 Å². The monoisotopic (exact) mass is 274 g/mol. The smallest absolute Gasteiger partial charge is 0.269 e. The molecule has 0 aliphatic rings. The molecule has 0 atom stereocenters. The van der Waals surface area contributed by atoms with E-state index in [-0.39, 0.29) is 12.0 Å². The van der Waals surface area contributed by atoms with Crippen LogP contribution in [0.3, 0.4) is 0 Å². The van der Waals surface area contributed by atoms with Gasteiger partial charge in [0.1, 0.15) is 11.4 Å². The number of benzene rings is 1. The summed E-state index contributed by atoms with van der Waals surface area (Å²) in [6.45, 7) is 5.66. The first-order valence-corrected chi connectivity index (χ1v) is 6.36. The van der Waals surface area contributed by atoms with Gasteiger partial charge in [-0.05, 0) is 32.9 Å². The molecule has 0 saturated heterocycles. The number of carbonyl (C=O) groups is 1. The average Bonchev–Trinajstić information content (AvgIpc) is 2.79. The maximum absolute atomic E-state index is 11.9. The minimum Gasteiger partial charge on any atom is -0.490 e. The predicted molar refractivity (Wildman–Crippen MR) is 76.2 cm³/mol. The van der Waals surface area contributed by atoms with Crippen LogP contribution in [-0.4, -0.2) is 22.2 Å². The number of nitrogens with one attached hydrogen (secondary N) is 2. The van der Waals surface area contributed by atoms with Crippen LogP contribution in [0.25, 0.3) is 11.3 Å². The number of rotatable bonds is 4. The Morgan fingerprint density at radius 1 is 1.40 bits per heavy atom. The van der Waals surface area contributed by atoms with Crippen LogP contribution in [0.15, 0.2) is 24.3 Å². The van der Waals surface area contributed by atoms with Crippen molar-refractivity contribution < 1.29 is 9.53 Å². The Labute approximate surface area is 117 Å². The van der Waals surface area contributed by atoms with Gasteiger partial charge in [-0.3, -0.25) is 15.3 Å². The van der Waals surface area contributed by atoms with Crippen molar-refractivity contribution >= 4 is 5.91 Å². The van der Waals surface area contributed by atoms with Crippen LogP contribution in [0.1, 0.15) is 29.9 Å². The molecule has 0 fully saturated rings. The number of nitrogens with zero attached hydrogens (tertiary/aromatic N) is 1. The number of aromatic amines is 1. The van der Waals surface area contributed by atoms with E-state index in [4.69, 9.17) is 10.6 Å². The fraction of sp³-hybridized carbons (Fsp3) is 0.286. The summed E-state index contributed by atoms with van der Waals surface area (Å²) in [6, 6.07) is 7.46. The molecule has 0 aliphatic heterocycles. The summed E-state index contributed by atoms with van der Waals surface area (Å²) >= 11 is 0. The highest BCUT2D eigenvalue weighted by Crippen LogP contribution is 2.32. The molecular formula is C14H18N4O2. The van der Waals surface area contributed by atoms with Crippen molar-refractivity contribution in [2.45, 2.75) is 26.9 Å². The van der Waals surface area contributed by atoms with Crippen LogP contribution in [0.4, 0.5) is 0 Å². The van der Waals surface area contributed by atoms with Crippen molar-refractivity contribution in [2.24, 2.45) is 5.84 Å². The third kappa shape index (κ3) is 2.65. The van der Waals surface area contributed by atoms with E-state index in [2.05, 4.69) is 15.6 Å². The highest BCUT2D eigenvalue weighted by atomic mass is 16.5. The number of amides is 1. The topological polar surface area (TPSA) is 93.0 Å². The molecule has 1 heterocycles. The van der Waals surface area contributed by atoms with Gasteiger partial charge in [0, 0.05) is 11.3 Å². The molecule has 1 amide bonds. The number of ether oxygens (including phenoxy) is 1. The van der Waals surface area contributed by atoms with E-state index in [0.717, 1.165) is 5.56 Å². The Morgan fingerprint density at radius 2 is 2.10 bits per heavy atom. The Balaban J connectivity index is 2.55. The second kappa shape index (κ2) is 5.75. The van der Waals surface area contributed by atoms with Crippen molar-refractivity contribution in [3.05, 3.63) is 35.5 Å². The van der Waals surface area contributed by atoms with Crippen LogP contribution >= 0.6 is 0 Å². The largest absolute Gasteiger partial charge is 0.490 e. The first kappa shape index (κ1) is 14.1. The standard InChI is InChI=1S/C14H18N4O2/c1-8(2)20-11-7-5-4-6-10(11)13-12(14(19)16-15)9(3)17-18-13/h4-8H,15H2,1-3H3,(H,16,19)(H,17,18). The fourth-order valence-corrected chi connectivity index (χ4v) is 1.99. The van der Waals surface area contributed by atoms with Crippen LogP contribution < -0.4 is 16.0 Å². The second-order valence-corrected chi connectivity index (χ2v) is 4.71. The molecule has 2 aromatic rings. The molecule has 4 N–H and O–H groups in total. The van der Waals surface area contributed by atoms with Gasteiger partial charge in [0.25, 0.3) is 5.91 Å². The summed E-state index contributed by atoms with van der Waals surface area (Å²) in [7, 11) is 0. The summed E-state index contributed by atoms with van der Waals surface area (Å²) < 4.78 is 5.76. The predicted octanol–water partition coefficient (Wildman–Crippen LogP) is 1.78. The number of H-pyrrole nitrogens is 1. The number of hydrogen-bond acceptors (Lipinski definition) is 4. The summed E-state index contributed by atoms with van der Waals surface area (Å²) in [4.78, 5) is 11.9. The van der Waals surface area contributed by atoms with Crippen LogP contribution in [-0.2, 0) is 0 Å². The number of nitrogen functional groups attached to an aromatic ring is 1. The van der Waals surface area contributed by atoms with Gasteiger partial charge in [0.05, 0.1) is 11.7 Å². The molecule has 106 valence electrons. The van der Waals surface area contributed by atoms with Gasteiger partial charge in [-0.2, -0.15) is 5.10 Å². The zero-order valence-corrected chi connectivity index (χ0v) is 11.7. The molecule has 0 bridgehead atoms. The van der Waals surface area contributed by atoms with Crippen molar-refractivity contribution in [3.63, 3.8) is 0 Å². The lowest BCUT2D eigenvalue weighted by Gasteiger charge is -2.13. The molecule has 0 saturated carbocycles. The molecule has 6 nitrogen and oxygen atoms in total. The van der Waals surface area contributed by atoms with E-state index in [1.54, 1.807) is 6.92 Å².